The summed E-state index contributed by atoms with van der Waals surface area (Å²) >= 11 is 7.69. The third kappa shape index (κ3) is 5.06. The monoisotopic (exact) mass is 494 g/mol. The molecule has 3 heterocycles. The molecule has 1 saturated heterocycles. The quantitative estimate of drug-likeness (QED) is 0.588. The fourth-order valence-corrected chi connectivity index (χ4v) is 4.55. The van der Waals surface area contributed by atoms with Gasteiger partial charge in [-0.15, -0.1) is 11.3 Å². The second-order valence-electron chi connectivity index (χ2n) is 7.32. The van der Waals surface area contributed by atoms with Gasteiger partial charge in [-0.25, -0.2) is 19.0 Å². The van der Waals surface area contributed by atoms with Crippen molar-refractivity contribution in [2.45, 2.75) is 12.1 Å². The molecule has 1 aromatic carbocycles. The molecule has 2 atom stereocenters. The summed E-state index contributed by atoms with van der Waals surface area (Å²) in [7, 11) is 1.26. The van der Waals surface area contributed by atoms with Crippen LogP contribution in [0.4, 0.5) is 4.39 Å². The molecule has 0 amide bonds. The summed E-state index contributed by atoms with van der Waals surface area (Å²) in [5.41, 5.74) is 1.10. The van der Waals surface area contributed by atoms with Crippen LogP contribution in [0.5, 0.6) is 0 Å². The molecule has 4 rings (SSSR count). The highest BCUT2D eigenvalue weighted by Gasteiger charge is 2.35. The molecule has 1 aromatic heterocycles. The fraction of sp³-hybridized carbons (Fsp3) is 0.333. The van der Waals surface area contributed by atoms with E-state index in [4.69, 9.17) is 21.1 Å². The standard InChI is InChI=1S/C21H20ClFN4O5S/c1-31-21(30)16-14(9-27-5-6-32-15(10-27)20(28)29)25-18(19-24-4-7-33-19)26-17(16)12-3-2-11(23)8-13(12)22/h2-4,7-8,15,17H,5-6,9-10H2,1H3,(H,25,26)(H,28,29)/t15?,17-/m0/s1. The summed E-state index contributed by atoms with van der Waals surface area (Å²) < 4.78 is 24.0. The molecule has 9 nitrogen and oxygen atoms in total. The van der Waals surface area contributed by atoms with E-state index in [1.807, 2.05) is 4.90 Å². The second-order valence-corrected chi connectivity index (χ2v) is 8.63. The minimum absolute atomic E-state index is 0.113. The van der Waals surface area contributed by atoms with E-state index in [9.17, 15) is 19.1 Å². The van der Waals surface area contributed by atoms with E-state index in [1.54, 1.807) is 11.6 Å². The predicted octanol–water partition coefficient (Wildman–Crippen LogP) is 2.24. The molecule has 0 bridgehead atoms. The van der Waals surface area contributed by atoms with Crippen LogP contribution in [0.25, 0.3) is 0 Å². The Hall–Kier alpha value is -2.86. The number of ether oxygens (including phenoxy) is 2. The lowest BCUT2D eigenvalue weighted by atomic mass is 9.95. The number of esters is 1. The number of carboxylic acids is 1. The van der Waals surface area contributed by atoms with Gasteiger partial charge in [0.15, 0.2) is 16.9 Å². The lowest BCUT2D eigenvalue weighted by Crippen LogP contribution is -2.48. The van der Waals surface area contributed by atoms with Crippen LogP contribution in [-0.4, -0.2) is 72.2 Å². The van der Waals surface area contributed by atoms with Gasteiger partial charge in [-0.2, -0.15) is 0 Å². The summed E-state index contributed by atoms with van der Waals surface area (Å²) in [4.78, 5) is 35.1. The van der Waals surface area contributed by atoms with Crippen molar-refractivity contribution in [1.29, 1.82) is 0 Å². The van der Waals surface area contributed by atoms with E-state index in [0.29, 0.717) is 28.6 Å². The zero-order valence-corrected chi connectivity index (χ0v) is 19.0. The molecule has 0 radical (unpaired) electrons. The Morgan fingerprint density at radius 2 is 2.27 bits per heavy atom. The number of morpholine rings is 1. The number of aliphatic imine (C=N–C) groups is 1. The number of rotatable bonds is 6. The van der Waals surface area contributed by atoms with Crippen molar-refractivity contribution in [3.8, 4) is 0 Å². The van der Waals surface area contributed by atoms with Crippen molar-refractivity contribution in [1.82, 2.24) is 15.2 Å². The van der Waals surface area contributed by atoms with E-state index < -0.39 is 29.9 Å². The first-order valence-corrected chi connectivity index (χ1v) is 11.2. The molecule has 33 heavy (non-hydrogen) atoms. The first kappa shape index (κ1) is 23.3. The normalized spacial score (nSPS) is 21.4. The zero-order chi connectivity index (χ0) is 23.5. The maximum absolute atomic E-state index is 13.7. The summed E-state index contributed by atoms with van der Waals surface area (Å²) in [6.45, 7) is 1.05. The first-order valence-electron chi connectivity index (χ1n) is 9.95. The van der Waals surface area contributed by atoms with Crippen molar-refractivity contribution in [3.63, 3.8) is 0 Å². The van der Waals surface area contributed by atoms with E-state index >= 15 is 0 Å². The van der Waals surface area contributed by atoms with Crippen LogP contribution < -0.4 is 5.32 Å². The van der Waals surface area contributed by atoms with Gasteiger partial charge in [-0.3, -0.25) is 9.89 Å². The Bertz CT molecular complexity index is 1120. The highest BCUT2D eigenvalue weighted by atomic mass is 35.5. The van der Waals surface area contributed by atoms with E-state index in [1.165, 1.54) is 30.6 Å². The number of benzene rings is 1. The highest BCUT2D eigenvalue weighted by molar-refractivity contribution is 7.11. The highest BCUT2D eigenvalue weighted by Crippen LogP contribution is 2.36. The third-order valence-corrected chi connectivity index (χ3v) is 6.34. The number of hydrogen-bond donors (Lipinski definition) is 2. The number of methoxy groups -OCH3 is 1. The summed E-state index contributed by atoms with van der Waals surface area (Å²) in [5, 5.41) is 15.0. The van der Waals surface area contributed by atoms with Crippen LogP contribution in [-0.2, 0) is 19.1 Å². The average molecular weight is 495 g/mol. The van der Waals surface area contributed by atoms with Gasteiger partial charge in [-0.05, 0) is 12.1 Å². The molecule has 0 aliphatic carbocycles. The average Bonchev–Trinajstić information content (AvgIpc) is 3.33. The van der Waals surface area contributed by atoms with Crippen LogP contribution in [0.3, 0.4) is 0 Å². The third-order valence-electron chi connectivity index (χ3n) is 5.23. The number of carboxylic acid groups (broad SMARTS) is 1. The molecule has 1 fully saturated rings. The summed E-state index contributed by atoms with van der Waals surface area (Å²) in [6.07, 6.45) is 0.655. The first-order chi connectivity index (χ1) is 15.9. The molecule has 2 aliphatic heterocycles. The molecule has 2 aromatic rings. The smallest absolute Gasteiger partial charge is 0.338 e. The Kier molecular flexibility index (Phi) is 7.03. The van der Waals surface area contributed by atoms with Gasteiger partial charge in [0.05, 0.1) is 19.3 Å². The van der Waals surface area contributed by atoms with Crippen molar-refractivity contribution >= 4 is 40.7 Å². The Morgan fingerprint density at radius 1 is 1.45 bits per heavy atom. The minimum atomic E-state index is -1.06. The van der Waals surface area contributed by atoms with Crippen LogP contribution in [0.2, 0.25) is 5.02 Å². The lowest BCUT2D eigenvalue weighted by molar-refractivity contribution is -0.155. The lowest BCUT2D eigenvalue weighted by Gasteiger charge is -2.34. The Labute approximate surface area is 197 Å². The van der Waals surface area contributed by atoms with Crippen molar-refractivity contribution in [2.24, 2.45) is 4.99 Å². The molecule has 0 spiro atoms. The maximum atomic E-state index is 13.7. The van der Waals surface area contributed by atoms with Gasteiger partial charge < -0.3 is 19.9 Å². The van der Waals surface area contributed by atoms with Crippen LogP contribution >= 0.6 is 22.9 Å². The number of aliphatic carboxylic acids is 1. The number of nitrogens with one attached hydrogen (secondary N) is 1. The minimum Gasteiger partial charge on any atom is -0.479 e. The van der Waals surface area contributed by atoms with Crippen LogP contribution in [0, 0.1) is 5.82 Å². The molecule has 1 unspecified atom stereocenters. The number of halogens is 2. The van der Waals surface area contributed by atoms with Crippen LogP contribution in [0.15, 0.2) is 46.0 Å². The fourth-order valence-electron chi connectivity index (χ4n) is 3.69. The van der Waals surface area contributed by atoms with E-state index in [-0.39, 0.29) is 30.3 Å². The molecule has 2 aliphatic rings. The van der Waals surface area contributed by atoms with Gasteiger partial charge in [0.1, 0.15) is 11.9 Å². The SMILES string of the molecule is COC(=O)C1=C(CN2CCOC(C(=O)O)C2)NC(c2nccs2)=N[C@H]1c1ccc(F)cc1Cl. The van der Waals surface area contributed by atoms with Gasteiger partial charge in [-0.1, -0.05) is 17.7 Å². The van der Waals surface area contributed by atoms with E-state index in [0.717, 1.165) is 6.07 Å². The zero-order valence-electron chi connectivity index (χ0n) is 17.5. The number of thiazole rings is 1. The second kappa shape index (κ2) is 9.96. The summed E-state index contributed by atoms with van der Waals surface area (Å²) in [6, 6.07) is 3.00. The number of aromatic nitrogens is 1. The molecule has 12 heteroatoms. The summed E-state index contributed by atoms with van der Waals surface area (Å²) in [5.74, 6) is -1.79. The van der Waals surface area contributed by atoms with Crippen molar-refractivity contribution in [3.05, 3.63) is 62.5 Å². The van der Waals surface area contributed by atoms with Crippen LogP contribution in [0.1, 0.15) is 16.6 Å². The molecule has 0 saturated carbocycles. The van der Waals surface area contributed by atoms with Gasteiger partial charge >= 0.3 is 11.9 Å². The number of amidine groups is 1. The molecular formula is C21H20ClFN4O5S. The Morgan fingerprint density at radius 3 is 2.94 bits per heavy atom. The number of hydrogen-bond acceptors (Lipinski definition) is 9. The molecule has 2 N–H and O–H groups in total. The van der Waals surface area contributed by atoms with Gasteiger partial charge in [0.25, 0.3) is 0 Å². The maximum Gasteiger partial charge on any atom is 0.338 e. The predicted molar refractivity (Wildman–Crippen MR) is 119 cm³/mol. The topological polar surface area (TPSA) is 113 Å². The number of carbonyl (C=O) groups excluding carboxylic acids is 1. The molecular weight excluding hydrogens is 475 g/mol. The number of carbonyl (C=O) groups is 2. The van der Waals surface area contributed by atoms with Gasteiger partial charge in [0, 0.05) is 47.5 Å². The largest absolute Gasteiger partial charge is 0.479 e. The Balaban J connectivity index is 1.78. The van der Waals surface area contributed by atoms with Gasteiger partial charge in [0.2, 0.25) is 0 Å². The van der Waals surface area contributed by atoms with Crippen molar-refractivity contribution in [2.75, 3.05) is 33.4 Å². The number of nitrogens with zero attached hydrogens (tertiary/aromatic N) is 3. The van der Waals surface area contributed by atoms with Crippen molar-refractivity contribution < 1.29 is 28.6 Å². The van der Waals surface area contributed by atoms with E-state index in [2.05, 4.69) is 15.3 Å². The molecule has 174 valence electrons.